The van der Waals surface area contributed by atoms with E-state index in [1.807, 2.05) is 0 Å². The minimum atomic E-state index is 0.172. The van der Waals surface area contributed by atoms with Gasteiger partial charge in [0.25, 0.3) is 0 Å². The summed E-state index contributed by atoms with van der Waals surface area (Å²) >= 11 is 0. The van der Waals surface area contributed by atoms with Gasteiger partial charge in [-0.1, -0.05) is 8.25 Å². The van der Waals surface area contributed by atoms with Gasteiger partial charge in [-0.3, -0.25) is 5.16 Å². The molecule has 0 bridgehead atoms. The van der Waals surface area contributed by atoms with Gasteiger partial charge in [-0.25, -0.2) is 0 Å². The van der Waals surface area contributed by atoms with Crippen molar-refractivity contribution in [3.63, 3.8) is 0 Å². The van der Waals surface area contributed by atoms with Gasteiger partial charge in [0.2, 0.25) is 7.00 Å². The highest BCUT2D eigenvalue weighted by molar-refractivity contribution is 7.61. The number of nitrogens with one attached hydrogen (secondary N) is 1. The summed E-state index contributed by atoms with van der Waals surface area (Å²) in [6.07, 6.45) is 0.644. The van der Waals surface area contributed by atoms with Crippen LogP contribution in [-0.4, -0.2) is 18.7 Å². The minimum Gasteiger partial charge on any atom is -0.397 e. The van der Waals surface area contributed by atoms with Crippen molar-refractivity contribution in [1.82, 2.24) is 0 Å². The predicted molar refractivity (Wildman–Crippen MR) is 27.3 cm³/mol. The van der Waals surface area contributed by atoms with Crippen LogP contribution in [0.4, 0.5) is 0 Å². The molecule has 0 aliphatic carbocycles. The lowest BCUT2D eigenvalue weighted by Gasteiger charge is -1.77. The molecule has 0 aliphatic heterocycles. The molecule has 1 radical (unpaired) electrons. The number of aliphatic hydroxyl groups is 1. The standard InChI is InChI=1S/C2H6BNOP/c4-6-3-1-2-5/h4-5H,1-2H2. The van der Waals surface area contributed by atoms with Crippen LogP contribution in [0.1, 0.15) is 0 Å². The third-order valence-corrected chi connectivity index (χ3v) is 0.790. The highest BCUT2D eigenvalue weighted by Gasteiger charge is 1.79. The molecule has 0 spiro atoms. The third-order valence-electron chi connectivity index (χ3n) is 0.349. The number of rotatable bonds is 3. The Morgan fingerprint density at radius 2 is 2.50 bits per heavy atom. The highest BCUT2D eigenvalue weighted by Crippen LogP contribution is 1.89. The highest BCUT2D eigenvalue weighted by atomic mass is 31.1. The van der Waals surface area contributed by atoms with Crippen molar-refractivity contribution in [1.29, 1.82) is 5.16 Å². The molecule has 0 saturated heterocycles. The molecule has 2 nitrogen and oxygen atoms in total. The van der Waals surface area contributed by atoms with Crippen LogP contribution in [0.2, 0.25) is 6.32 Å². The second-order valence-corrected chi connectivity index (χ2v) is 1.45. The lowest BCUT2D eigenvalue weighted by Crippen LogP contribution is -1.81. The summed E-state index contributed by atoms with van der Waals surface area (Å²) in [5.41, 5.74) is 0. The van der Waals surface area contributed by atoms with Crippen molar-refractivity contribution in [3.05, 3.63) is 0 Å². The summed E-state index contributed by atoms with van der Waals surface area (Å²) in [5.74, 6) is 0. The van der Waals surface area contributed by atoms with E-state index in [-0.39, 0.29) is 6.61 Å². The summed E-state index contributed by atoms with van der Waals surface area (Å²) in [6, 6.07) is 0. The molecular formula is C2H6BNOP. The maximum atomic E-state index is 8.08. The van der Waals surface area contributed by atoms with Crippen LogP contribution < -0.4 is 0 Å². The van der Waals surface area contributed by atoms with E-state index in [1.165, 1.54) is 0 Å². The zero-order chi connectivity index (χ0) is 4.83. The summed E-state index contributed by atoms with van der Waals surface area (Å²) in [7, 11) is 0.510. The van der Waals surface area contributed by atoms with Gasteiger partial charge in [0.05, 0.1) is 0 Å². The lowest BCUT2D eigenvalue weighted by atomic mass is 10.1. The SMILES string of the molecule is N=P[B]CCO. The Morgan fingerprint density at radius 3 is 2.67 bits per heavy atom. The van der Waals surface area contributed by atoms with Crippen LogP contribution in [0.3, 0.4) is 0 Å². The van der Waals surface area contributed by atoms with Gasteiger partial charge in [0.15, 0.2) is 0 Å². The van der Waals surface area contributed by atoms with Crippen molar-refractivity contribution >= 4 is 15.3 Å². The van der Waals surface area contributed by atoms with Gasteiger partial charge in [0.1, 0.15) is 0 Å². The summed E-state index contributed by atoms with van der Waals surface area (Å²) < 4.78 is 0. The zero-order valence-electron chi connectivity index (χ0n) is 3.39. The Labute approximate surface area is 39.5 Å². The van der Waals surface area contributed by atoms with E-state index in [0.717, 1.165) is 0 Å². The van der Waals surface area contributed by atoms with E-state index in [4.69, 9.17) is 10.3 Å². The molecular weight excluding hydrogens is 95.8 g/mol. The molecule has 0 aliphatic rings. The topological polar surface area (TPSA) is 44.1 Å². The molecule has 0 atom stereocenters. The molecule has 0 amide bonds. The first-order valence-electron chi connectivity index (χ1n) is 1.71. The van der Waals surface area contributed by atoms with E-state index in [1.54, 1.807) is 7.00 Å². The van der Waals surface area contributed by atoms with Crippen LogP contribution in [0.15, 0.2) is 0 Å². The quantitative estimate of drug-likeness (QED) is 0.307. The first-order valence-corrected chi connectivity index (χ1v) is 2.67. The summed E-state index contributed by atoms with van der Waals surface area (Å²) in [4.78, 5) is 0. The van der Waals surface area contributed by atoms with Crippen molar-refractivity contribution in [2.45, 2.75) is 6.32 Å². The van der Waals surface area contributed by atoms with Gasteiger partial charge in [-0.05, 0) is 6.32 Å². The van der Waals surface area contributed by atoms with Crippen LogP contribution in [0.25, 0.3) is 0 Å². The zero-order valence-corrected chi connectivity index (χ0v) is 4.28. The fourth-order valence-electron chi connectivity index (χ4n) is 0.122. The van der Waals surface area contributed by atoms with Crippen LogP contribution in [-0.2, 0) is 0 Å². The third kappa shape index (κ3) is 4.12. The van der Waals surface area contributed by atoms with Crippen LogP contribution in [0, 0.1) is 5.16 Å². The maximum absolute atomic E-state index is 8.08. The van der Waals surface area contributed by atoms with Crippen LogP contribution in [0.5, 0.6) is 0 Å². The molecule has 0 unspecified atom stereocenters. The second kappa shape index (κ2) is 5.12. The predicted octanol–water partition coefficient (Wildman–Crippen LogP) is 0.725. The maximum Gasteiger partial charge on any atom is 0.211 e. The van der Waals surface area contributed by atoms with Gasteiger partial charge >= 0.3 is 0 Å². The molecule has 0 saturated carbocycles. The van der Waals surface area contributed by atoms with Gasteiger partial charge in [0, 0.05) is 6.61 Å². The molecule has 0 heterocycles. The largest absolute Gasteiger partial charge is 0.397 e. The van der Waals surface area contributed by atoms with E-state index in [0.29, 0.717) is 14.6 Å². The second-order valence-electron chi connectivity index (χ2n) is 0.824. The Morgan fingerprint density at radius 1 is 1.83 bits per heavy atom. The summed E-state index contributed by atoms with van der Waals surface area (Å²) in [5, 5.41) is 14.6. The first-order chi connectivity index (χ1) is 2.91. The van der Waals surface area contributed by atoms with E-state index >= 15 is 0 Å². The van der Waals surface area contributed by atoms with Crippen molar-refractivity contribution < 1.29 is 5.11 Å². The summed E-state index contributed by atoms with van der Waals surface area (Å²) in [6.45, 7) is 1.87. The van der Waals surface area contributed by atoms with E-state index in [2.05, 4.69) is 0 Å². The van der Waals surface area contributed by atoms with E-state index in [9.17, 15) is 0 Å². The number of hydrogen-bond donors (Lipinski definition) is 2. The smallest absolute Gasteiger partial charge is 0.211 e. The average Bonchev–Trinajstić information content (AvgIpc) is 1.61. The van der Waals surface area contributed by atoms with Crippen LogP contribution >= 0.6 is 8.25 Å². The minimum absolute atomic E-state index is 0.172. The molecule has 0 aromatic heterocycles. The Balaban J connectivity index is 2.49. The molecule has 2 N–H and O–H groups in total. The van der Waals surface area contributed by atoms with Crippen molar-refractivity contribution in [3.8, 4) is 0 Å². The molecule has 0 aromatic carbocycles. The van der Waals surface area contributed by atoms with Gasteiger partial charge < -0.3 is 5.11 Å². The fourth-order valence-corrected chi connectivity index (χ4v) is 0.367. The molecule has 33 valence electrons. The Hall–Kier alpha value is 0.125. The van der Waals surface area contributed by atoms with E-state index < -0.39 is 0 Å². The van der Waals surface area contributed by atoms with Gasteiger partial charge in [-0.15, -0.1) is 0 Å². The molecule has 0 fully saturated rings. The number of aliphatic hydroxyl groups excluding tert-OH is 1. The Kier molecular flexibility index (Phi) is 5.23. The normalized spacial score (nSPS) is 8.83. The first kappa shape index (κ1) is 6.12. The molecule has 0 aromatic rings. The Bertz CT molecular complexity index is 42.5. The average molecular weight is 102 g/mol. The fraction of sp³-hybridized carbons (Fsp3) is 1.00. The van der Waals surface area contributed by atoms with Gasteiger partial charge in [-0.2, -0.15) is 0 Å². The molecule has 0 rings (SSSR count). The molecule has 6 heavy (non-hydrogen) atoms. The lowest BCUT2D eigenvalue weighted by molar-refractivity contribution is 0.318. The monoisotopic (exact) mass is 102 g/mol. The molecule has 4 heteroatoms. The van der Waals surface area contributed by atoms with Crippen molar-refractivity contribution in [2.24, 2.45) is 0 Å². The van der Waals surface area contributed by atoms with Crippen molar-refractivity contribution in [2.75, 3.05) is 6.61 Å². The number of hydrogen-bond acceptors (Lipinski definition) is 2.